The van der Waals surface area contributed by atoms with Gasteiger partial charge in [-0.05, 0) is 11.6 Å². The number of aliphatic imine (C=N–C) groups is 1. The van der Waals surface area contributed by atoms with E-state index < -0.39 is 17.1 Å². The van der Waals surface area contributed by atoms with Crippen LogP contribution in [0.3, 0.4) is 0 Å². The predicted octanol–water partition coefficient (Wildman–Crippen LogP) is -0.196. The average molecular weight is 274 g/mol. The third-order valence-corrected chi connectivity index (χ3v) is 2.88. The first-order valence-corrected chi connectivity index (χ1v) is 5.90. The molecule has 2 aromatic rings. The first-order chi connectivity index (χ1) is 9.52. The Morgan fingerprint density at radius 1 is 1.35 bits per heavy atom. The van der Waals surface area contributed by atoms with Crippen molar-refractivity contribution in [3.63, 3.8) is 0 Å². The van der Waals surface area contributed by atoms with Gasteiger partial charge >= 0.3 is 5.69 Å². The van der Waals surface area contributed by atoms with Gasteiger partial charge in [-0.25, -0.2) is 4.79 Å². The summed E-state index contributed by atoms with van der Waals surface area (Å²) in [5, 5.41) is 9.83. The zero-order valence-corrected chi connectivity index (χ0v) is 11.1. The van der Waals surface area contributed by atoms with E-state index in [2.05, 4.69) is 9.98 Å². The normalized spacial score (nSPS) is 11.1. The number of aromatic hydroxyl groups is 1. The molecule has 104 valence electrons. The minimum atomic E-state index is -0.586. The van der Waals surface area contributed by atoms with Crippen LogP contribution in [-0.2, 0) is 20.6 Å². The largest absolute Gasteiger partial charge is 0.494 e. The third-order valence-electron chi connectivity index (χ3n) is 2.88. The van der Waals surface area contributed by atoms with Crippen LogP contribution in [-0.4, -0.2) is 25.4 Å². The maximum absolute atomic E-state index is 11.9. The van der Waals surface area contributed by atoms with E-state index in [0.717, 1.165) is 14.7 Å². The summed E-state index contributed by atoms with van der Waals surface area (Å²) in [6.45, 7) is 0.333. The number of aromatic nitrogens is 3. The summed E-state index contributed by atoms with van der Waals surface area (Å²) in [5.41, 5.74) is -0.305. The Balaban J connectivity index is 2.35. The molecule has 0 fully saturated rings. The molecule has 7 nitrogen and oxygen atoms in total. The van der Waals surface area contributed by atoms with E-state index >= 15 is 0 Å². The third kappa shape index (κ3) is 2.51. The lowest BCUT2D eigenvalue weighted by Crippen LogP contribution is -2.38. The number of hydrogen-bond acceptors (Lipinski definition) is 5. The first kappa shape index (κ1) is 13.7. The van der Waals surface area contributed by atoms with E-state index in [1.165, 1.54) is 20.3 Å². The van der Waals surface area contributed by atoms with Gasteiger partial charge in [0.2, 0.25) is 5.88 Å². The van der Waals surface area contributed by atoms with Gasteiger partial charge in [-0.2, -0.15) is 0 Å². The van der Waals surface area contributed by atoms with Crippen LogP contribution in [0.1, 0.15) is 11.1 Å². The maximum atomic E-state index is 11.9. The fourth-order valence-corrected chi connectivity index (χ4v) is 1.71. The quantitative estimate of drug-likeness (QED) is 0.785. The lowest BCUT2D eigenvalue weighted by Gasteiger charge is -2.06. The van der Waals surface area contributed by atoms with Crippen molar-refractivity contribution in [1.29, 1.82) is 0 Å². The monoisotopic (exact) mass is 274 g/mol. The van der Waals surface area contributed by atoms with Crippen molar-refractivity contribution in [2.24, 2.45) is 19.1 Å². The van der Waals surface area contributed by atoms with Gasteiger partial charge in [0, 0.05) is 32.7 Å². The van der Waals surface area contributed by atoms with E-state index in [9.17, 15) is 14.7 Å². The molecule has 1 N–H and O–H groups in total. The van der Waals surface area contributed by atoms with Gasteiger partial charge in [0.1, 0.15) is 5.56 Å². The SMILES string of the molecule is Cn1c(O)c(C=NCc2cccnc2)c(=O)n(C)c1=O. The topological polar surface area (TPSA) is 89.5 Å². The van der Waals surface area contributed by atoms with Crippen LogP contribution in [0.25, 0.3) is 0 Å². The number of hydrogen-bond donors (Lipinski definition) is 1. The summed E-state index contributed by atoms with van der Waals surface area (Å²) in [6, 6.07) is 3.64. The Labute approximate surface area is 114 Å². The van der Waals surface area contributed by atoms with Crippen LogP contribution in [0.15, 0.2) is 39.1 Å². The highest BCUT2D eigenvalue weighted by molar-refractivity contribution is 5.81. The van der Waals surface area contributed by atoms with Crippen molar-refractivity contribution in [2.75, 3.05) is 0 Å². The molecule has 0 aliphatic rings. The second-order valence-electron chi connectivity index (χ2n) is 4.27. The highest BCUT2D eigenvalue weighted by Crippen LogP contribution is 2.06. The van der Waals surface area contributed by atoms with Gasteiger partial charge in [-0.1, -0.05) is 6.07 Å². The van der Waals surface area contributed by atoms with Gasteiger partial charge in [-0.3, -0.25) is 23.9 Å². The molecule has 2 heterocycles. The standard InChI is InChI=1S/C13H14N4O3/c1-16-11(18)10(12(19)17(2)13(16)20)8-15-7-9-4-3-5-14-6-9/h3-6,8,18H,7H2,1-2H3. The van der Waals surface area contributed by atoms with Gasteiger partial charge in [0.05, 0.1) is 6.54 Å². The Morgan fingerprint density at radius 2 is 2.10 bits per heavy atom. The highest BCUT2D eigenvalue weighted by atomic mass is 16.3. The zero-order valence-electron chi connectivity index (χ0n) is 11.1. The molecule has 0 aromatic carbocycles. The second kappa shape index (κ2) is 5.52. The molecule has 0 saturated heterocycles. The van der Waals surface area contributed by atoms with Crippen molar-refractivity contribution in [2.45, 2.75) is 6.54 Å². The smallest absolute Gasteiger partial charge is 0.333 e. The average Bonchev–Trinajstić information content (AvgIpc) is 2.48. The van der Waals surface area contributed by atoms with Gasteiger partial charge in [0.15, 0.2) is 0 Å². The van der Waals surface area contributed by atoms with Crippen LogP contribution < -0.4 is 11.2 Å². The van der Waals surface area contributed by atoms with Crippen LogP contribution in [0.4, 0.5) is 0 Å². The van der Waals surface area contributed by atoms with Crippen LogP contribution >= 0.6 is 0 Å². The van der Waals surface area contributed by atoms with E-state index in [-0.39, 0.29) is 5.56 Å². The number of pyridine rings is 1. The minimum absolute atomic E-state index is 0.0153. The summed E-state index contributed by atoms with van der Waals surface area (Å²) in [6.07, 6.45) is 4.59. The van der Waals surface area contributed by atoms with Crippen molar-refractivity contribution in [3.05, 3.63) is 56.5 Å². The summed E-state index contributed by atoms with van der Waals surface area (Å²) in [5.74, 6) is -0.395. The van der Waals surface area contributed by atoms with Gasteiger partial charge in [-0.15, -0.1) is 0 Å². The number of nitrogens with zero attached hydrogens (tertiary/aromatic N) is 4. The molecule has 0 bridgehead atoms. The Morgan fingerprint density at radius 3 is 2.75 bits per heavy atom. The summed E-state index contributed by atoms with van der Waals surface area (Å²) in [4.78, 5) is 31.5. The van der Waals surface area contributed by atoms with E-state index in [0.29, 0.717) is 6.54 Å². The second-order valence-corrected chi connectivity index (χ2v) is 4.27. The molecular weight excluding hydrogens is 260 g/mol. The Kier molecular flexibility index (Phi) is 3.79. The Bertz CT molecular complexity index is 760. The molecule has 0 atom stereocenters. The van der Waals surface area contributed by atoms with Crippen molar-refractivity contribution in [1.82, 2.24) is 14.1 Å². The lowest BCUT2D eigenvalue weighted by atomic mass is 10.3. The molecule has 0 aliphatic carbocycles. The van der Waals surface area contributed by atoms with Crippen LogP contribution in [0.5, 0.6) is 5.88 Å². The summed E-state index contributed by atoms with van der Waals surface area (Å²) >= 11 is 0. The molecule has 7 heteroatoms. The molecule has 0 radical (unpaired) electrons. The molecule has 0 saturated carbocycles. The minimum Gasteiger partial charge on any atom is -0.494 e. The van der Waals surface area contributed by atoms with Gasteiger partial charge in [0.25, 0.3) is 5.56 Å². The van der Waals surface area contributed by atoms with Crippen molar-refractivity contribution >= 4 is 6.21 Å². The van der Waals surface area contributed by atoms with E-state index in [4.69, 9.17) is 0 Å². The predicted molar refractivity (Wildman–Crippen MR) is 74.1 cm³/mol. The molecular formula is C13H14N4O3. The lowest BCUT2D eigenvalue weighted by molar-refractivity contribution is 0.410. The Hall–Kier alpha value is -2.70. The number of rotatable bonds is 3. The van der Waals surface area contributed by atoms with Gasteiger partial charge < -0.3 is 5.11 Å². The molecule has 2 rings (SSSR count). The van der Waals surface area contributed by atoms with E-state index in [1.54, 1.807) is 18.5 Å². The highest BCUT2D eigenvalue weighted by Gasteiger charge is 2.12. The van der Waals surface area contributed by atoms with Crippen LogP contribution in [0.2, 0.25) is 0 Å². The summed E-state index contributed by atoms with van der Waals surface area (Å²) < 4.78 is 1.91. The molecule has 0 spiro atoms. The van der Waals surface area contributed by atoms with Crippen molar-refractivity contribution in [3.8, 4) is 5.88 Å². The molecule has 0 amide bonds. The van der Waals surface area contributed by atoms with E-state index in [1.807, 2.05) is 6.07 Å². The molecule has 20 heavy (non-hydrogen) atoms. The van der Waals surface area contributed by atoms with Crippen molar-refractivity contribution < 1.29 is 5.11 Å². The summed E-state index contributed by atoms with van der Waals surface area (Å²) in [7, 11) is 2.73. The fraction of sp³-hybridized carbons (Fsp3) is 0.231. The zero-order chi connectivity index (χ0) is 14.7. The maximum Gasteiger partial charge on any atom is 0.333 e. The fourth-order valence-electron chi connectivity index (χ4n) is 1.71. The van der Waals surface area contributed by atoms with Crippen LogP contribution in [0, 0.1) is 0 Å². The molecule has 0 unspecified atom stereocenters. The molecule has 2 aromatic heterocycles. The molecule has 0 aliphatic heterocycles. The first-order valence-electron chi connectivity index (χ1n) is 5.90.